The van der Waals surface area contributed by atoms with Crippen LogP contribution in [0.15, 0.2) is 24.3 Å². The predicted molar refractivity (Wildman–Crippen MR) is 137 cm³/mol. The van der Waals surface area contributed by atoms with Gasteiger partial charge in [0.25, 0.3) is 5.69 Å². The Kier molecular flexibility index (Phi) is 13.0. The summed E-state index contributed by atoms with van der Waals surface area (Å²) in [7, 11) is 0. The lowest BCUT2D eigenvalue weighted by Crippen LogP contribution is -2.37. The molecule has 0 spiro atoms. The average molecular weight is 483 g/mol. The van der Waals surface area contributed by atoms with Crippen LogP contribution in [0.1, 0.15) is 68.2 Å². The Hall–Kier alpha value is -1.74. The number of anilines is 1. The van der Waals surface area contributed by atoms with E-state index in [2.05, 4.69) is 32.6 Å². The highest BCUT2D eigenvalue weighted by atomic mass is 16.6. The second-order valence-corrected chi connectivity index (χ2v) is 10.3. The van der Waals surface area contributed by atoms with Gasteiger partial charge in [0.15, 0.2) is 0 Å². The lowest BCUT2D eigenvalue weighted by Gasteiger charge is -2.31. The van der Waals surface area contributed by atoms with Crippen LogP contribution in [0.2, 0.25) is 0 Å². The molecule has 196 valence electrons. The maximum Gasteiger partial charge on any atom is 0.271 e. The molecule has 1 aromatic carbocycles. The molecule has 8 heteroatoms. The minimum absolute atomic E-state index is 0.0710. The Balaban J connectivity index is 2.72. The van der Waals surface area contributed by atoms with Gasteiger partial charge in [-0.25, -0.2) is 0 Å². The number of hydrogen-bond acceptors (Lipinski definition) is 7. The average Bonchev–Trinajstić information content (AvgIpc) is 2.71. The molecule has 0 radical (unpaired) electrons. The van der Waals surface area contributed by atoms with E-state index in [0.29, 0.717) is 39.5 Å². The third kappa shape index (κ3) is 13.2. The zero-order chi connectivity index (χ0) is 25.8. The smallest absolute Gasteiger partial charge is 0.271 e. The molecule has 0 heterocycles. The molecule has 0 aliphatic heterocycles. The molecule has 1 aromatic rings. The fourth-order valence-corrected chi connectivity index (χ4v) is 3.26. The molecule has 0 bridgehead atoms. The van der Waals surface area contributed by atoms with Crippen molar-refractivity contribution < 1.29 is 23.9 Å². The van der Waals surface area contributed by atoms with Crippen molar-refractivity contribution in [2.45, 2.75) is 91.6 Å². The first-order chi connectivity index (χ1) is 15.8. The van der Waals surface area contributed by atoms with Crippen LogP contribution in [-0.2, 0) is 18.9 Å². The Bertz CT molecular complexity index is 689. The van der Waals surface area contributed by atoms with Crippen molar-refractivity contribution in [3.8, 4) is 0 Å². The Labute approximate surface area is 206 Å². The second-order valence-electron chi connectivity index (χ2n) is 10.3. The van der Waals surface area contributed by atoms with Crippen LogP contribution >= 0.6 is 0 Å². The summed E-state index contributed by atoms with van der Waals surface area (Å²) >= 11 is 0. The Morgan fingerprint density at radius 1 is 0.853 bits per heavy atom. The molecule has 0 N–H and O–H groups in total. The molecule has 0 fully saturated rings. The minimum atomic E-state index is -0.371. The van der Waals surface area contributed by atoms with Gasteiger partial charge in [0, 0.05) is 44.1 Å². The van der Waals surface area contributed by atoms with Crippen molar-refractivity contribution in [2.75, 3.05) is 44.4 Å². The van der Waals surface area contributed by atoms with Gasteiger partial charge >= 0.3 is 0 Å². The Morgan fingerprint density at radius 2 is 1.32 bits per heavy atom. The van der Waals surface area contributed by atoms with Crippen molar-refractivity contribution in [3.05, 3.63) is 34.4 Å². The fourth-order valence-electron chi connectivity index (χ4n) is 3.26. The van der Waals surface area contributed by atoms with Gasteiger partial charge in [0.2, 0.25) is 0 Å². The van der Waals surface area contributed by atoms with Gasteiger partial charge < -0.3 is 23.8 Å². The van der Waals surface area contributed by atoms with Crippen molar-refractivity contribution in [1.82, 2.24) is 0 Å². The molecule has 0 amide bonds. The lowest BCUT2D eigenvalue weighted by atomic mass is 10.1. The molecule has 0 saturated carbocycles. The largest absolute Gasteiger partial charge is 0.379 e. The summed E-state index contributed by atoms with van der Waals surface area (Å²) in [6, 6.07) is 6.70. The number of nitro benzene ring substituents is 1. The van der Waals surface area contributed by atoms with Gasteiger partial charge in [-0.1, -0.05) is 6.07 Å². The molecule has 8 nitrogen and oxygen atoms in total. The number of hydrogen-bond donors (Lipinski definition) is 0. The van der Waals surface area contributed by atoms with Crippen LogP contribution < -0.4 is 4.90 Å². The van der Waals surface area contributed by atoms with Crippen LogP contribution in [0.25, 0.3) is 0 Å². The first-order valence-corrected chi connectivity index (χ1v) is 12.3. The normalized spacial score (nSPS) is 12.5. The summed E-state index contributed by atoms with van der Waals surface area (Å²) in [6.45, 7) is 19.7. The molecule has 0 aliphatic rings. The number of nitro groups is 1. The minimum Gasteiger partial charge on any atom is -0.379 e. The van der Waals surface area contributed by atoms with Crippen molar-refractivity contribution >= 4 is 11.4 Å². The van der Waals surface area contributed by atoms with Gasteiger partial charge in [-0.2, -0.15) is 0 Å². The van der Waals surface area contributed by atoms with Gasteiger partial charge in [0.05, 0.1) is 41.5 Å². The van der Waals surface area contributed by atoms with E-state index in [4.69, 9.17) is 18.9 Å². The first kappa shape index (κ1) is 30.3. The van der Waals surface area contributed by atoms with E-state index in [0.717, 1.165) is 18.5 Å². The molecular weight excluding hydrogens is 436 g/mol. The standard InChI is InChI=1S/C26H46N2O6/c1-21(2)31-16-12-25(5,6)33-18-14-27(23-10-9-11-24(20-23)28(29)30)15-19-34-26(7,8)13-17-32-22(3)4/h9-11,20-22H,12-19H2,1-8H3. The van der Waals surface area contributed by atoms with E-state index in [1.165, 1.54) is 6.07 Å². The first-order valence-electron chi connectivity index (χ1n) is 12.3. The molecule has 34 heavy (non-hydrogen) atoms. The SMILES string of the molecule is CC(C)OCCC(C)(C)OCCN(CCOC(C)(C)CCOC(C)C)c1cccc([N+](=O)[O-])c1. The summed E-state index contributed by atoms with van der Waals surface area (Å²) in [5.74, 6) is 0. The van der Waals surface area contributed by atoms with Gasteiger partial charge in [-0.15, -0.1) is 0 Å². The molecule has 0 aliphatic carbocycles. The van der Waals surface area contributed by atoms with Crippen LogP contribution in [0.3, 0.4) is 0 Å². The zero-order valence-corrected chi connectivity index (χ0v) is 22.5. The van der Waals surface area contributed by atoms with Crippen LogP contribution in [0, 0.1) is 10.1 Å². The molecular formula is C26H46N2O6. The Morgan fingerprint density at radius 3 is 1.74 bits per heavy atom. The number of rotatable bonds is 18. The van der Waals surface area contributed by atoms with E-state index in [9.17, 15) is 10.1 Å². The van der Waals surface area contributed by atoms with E-state index >= 15 is 0 Å². The maximum atomic E-state index is 11.3. The number of non-ortho nitro benzene ring substituents is 1. The van der Waals surface area contributed by atoms with E-state index < -0.39 is 0 Å². The predicted octanol–water partition coefficient (Wildman–Crippen LogP) is 5.62. The van der Waals surface area contributed by atoms with Crippen LogP contribution in [-0.4, -0.2) is 67.9 Å². The lowest BCUT2D eigenvalue weighted by molar-refractivity contribution is -0.384. The highest BCUT2D eigenvalue weighted by Crippen LogP contribution is 2.23. The van der Waals surface area contributed by atoms with E-state index in [1.54, 1.807) is 12.1 Å². The van der Waals surface area contributed by atoms with E-state index in [1.807, 2.05) is 33.8 Å². The quantitative estimate of drug-likeness (QED) is 0.198. The summed E-state index contributed by atoms with van der Waals surface area (Å²) < 4.78 is 23.6. The maximum absolute atomic E-state index is 11.3. The molecule has 0 saturated heterocycles. The second kappa shape index (κ2) is 14.6. The van der Waals surface area contributed by atoms with Gasteiger partial charge in [-0.3, -0.25) is 10.1 Å². The fraction of sp³-hybridized carbons (Fsp3) is 0.769. The molecule has 0 aromatic heterocycles. The third-order valence-electron chi connectivity index (χ3n) is 5.42. The number of nitrogens with zero attached hydrogens (tertiary/aromatic N) is 2. The van der Waals surface area contributed by atoms with Crippen molar-refractivity contribution in [1.29, 1.82) is 0 Å². The number of benzene rings is 1. The molecule has 1 rings (SSSR count). The van der Waals surface area contributed by atoms with Gasteiger partial charge in [0.1, 0.15) is 0 Å². The van der Waals surface area contributed by atoms with Gasteiger partial charge in [-0.05, 0) is 74.3 Å². The highest BCUT2D eigenvalue weighted by Gasteiger charge is 2.21. The molecule has 0 atom stereocenters. The van der Waals surface area contributed by atoms with Crippen LogP contribution in [0.5, 0.6) is 0 Å². The summed E-state index contributed by atoms with van der Waals surface area (Å²) in [4.78, 5) is 13.0. The monoisotopic (exact) mass is 482 g/mol. The number of ether oxygens (including phenoxy) is 4. The summed E-state index contributed by atoms with van der Waals surface area (Å²) in [6.07, 6.45) is 1.97. The summed E-state index contributed by atoms with van der Waals surface area (Å²) in [5.41, 5.74) is 0.209. The van der Waals surface area contributed by atoms with Crippen molar-refractivity contribution in [2.24, 2.45) is 0 Å². The van der Waals surface area contributed by atoms with E-state index in [-0.39, 0.29) is 34.0 Å². The van der Waals surface area contributed by atoms with Crippen molar-refractivity contribution in [3.63, 3.8) is 0 Å². The zero-order valence-electron chi connectivity index (χ0n) is 22.5. The topological polar surface area (TPSA) is 83.3 Å². The molecule has 0 unspecified atom stereocenters. The third-order valence-corrected chi connectivity index (χ3v) is 5.42. The summed E-state index contributed by atoms with van der Waals surface area (Å²) in [5, 5.41) is 11.3. The van der Waals surface area contributed by atoms with Crippen LogP contribution in [0.4, 0.5) is 11.4 Å². The highest BCUT2D eigenvalue weighted by molar-refractivity contribution is 5.53.